The molecule has 1 heterocycles. The molecule has 1 aliphatic heterocycles. The number of piperidine rings is 1. The van der Waals surface area contributed by atoms with E-state index in [1.165, 1.54) is 5.56 Å². The number of carbonyl (C=O) groups is 1. The van der Waals surface area contributed by atoms with Crippen molar-refractivity contribution in [3.8, 4) is 5.75 Å². The van der Waals surface area contributed by atoms with Crippen LogP contribution in [0.5, 0.6) is 5.75 Å². The third-order valence-corrected chi connectivity index (χ3v) is 4.95. The van der Waals surface area contributed by atoms with E-state index in [0.717, 1.165) is 25.1 Å². The largest absolute Gasteiger partial charge is 0.497 e. The lowest BCUT2D eigenvalue weighted by Crippen LogP contribution is -2.50. The van der Waals surface area contributed by atoms with E-state index in [-0.39, 0.29) is 12.1 Å². The van der Waals surface area contributed by atoms with Crippen LogP contribution in [0.15, 0.2) is 24.3 Å². The molecule has 0 saturated carbocycles. The van der Waals surface area contributed by atoms with Gasteiger partial charge in [-0.15, -0.1) is 0 Å². The Bertz CT molecular complexity index is 547. The standard InChI is InChI=1S/C20H31NO3/c1-7-17-14(2)21(19(22)24-20(3,4)5)13-12-18(17)15-8-10-16(23-6)11-9-15/h8-11,14,17-18H,7,12-13H2,1-6H3/t14-,17+,18+/m1/s1. The minimum atomic E-state index is -0.453. The number of likely N-dealkylation sites (tertiary alicyclic amines) is 1. The van der Waals surface area contributed by atoms with Crippen molar-refractivity contribution in [3.05, 3.63) is 29.8 Å². The van der Waals surface area contributed by atoms with Crippen LogP contribution in [0, 0.1) is 5.92 Å². The summed E-state index contributed by atoms with van der Waals surface area (Å²) in [5, 5.41) is 0. The Hall–Kier alpha value is -1.71. The first kappa shape index (κ1) is 18.6. The van der Waals surface area contributed by atoms with Crippen molar-refractivity contribution in [2.45, 2.75) is 65.0 Å². The monoisotopic (exact) mass is 333 g/mol. The quantitative estimate of drug-likeness (QED) is 0.795. The molecular weight excluding hydrogens is 302 g/mol. The van der Waals surface area contributed by atoms with Crippen molar-refractivity contribution in [3.63, 3.8) is 0 Å². The lowest BCUT2D eigenvalue weighted by molar-refractivity contribution is -0.000822. The Labute approximate surface area is 146 Å². The number of hydrogen-bond donors (Lipinski definition) is 0. The van der Waals surface area contributed by atoms with E-state index in [0.29, 0.717) is 11.8 Å². The van der Waals surface area contributed by atoms with Gasteiger partial charge in [0, 0.05) is 12.6 Å². The van der Waals surface area contributed by atoms with Gasteiger partial charge in [0.15, 0.2) is 0 Å². The Morgan fingerprint density at radius 3 is 2.38 bits per heavy atom. The summed E-state index contributed by atoms with van der Waals surface area (Å²) in [6, 6.07) is 8.52. The summed E-state index contributed by atoms with van der Waals surface area (Å²) in [5.74, 6) is 1.78. The maximum atomic E-state index is 12.5. The highest BCUT2D eigenvalue weighted by molar-refractivity contribution is 5.68. The van der Waals surface area contributed by atoms with E-state index in [9.17, 15) is 4.79 Å². The van der Waals surface area contributed by atoms with Crippen LogP contribution in [0.3, 0.4) is 0 Å². The second kappa shape index (κ2) is 7.45. The van der Waals surface area contributed by atoms with E-state index in [1.807, 2.05) is 37.8 Å². The number of benzene rings is 1. The second-order valence-corrected chi connectivity index (χ2v) is 7.65. The predicted octanol–water partition coefficient (Wildman–Crippen LogP) is 4.83. The number of rotatable bonds is 3. The maximum absolute atomic E-state index is 12.5. The summed E-state index contributed by atoms with van der Waals surface area (Å²) in [6.45, 7) is 10.8. The molecule has 0 bridgehead atoms. The smallest absolute Gasteiger partial charge is 0.410 e. The van der Waals surface area contributed by atoms with Crippen LogP contribution in [0.2, 0.25) is 0 Å². The Balaban J connectivity index is 2.14. The number of ether oxygens (including phenoxy) is 2. The third-order valence-electron chi connectivity index (χ3n) is 4.95. The van der Waals surface area contributed by atoms with Gasteiger partial charge < -0.3 is 14.4 Å². The van der Waals surface area contributed by atoms with Crippen molar-refractivity contribution in [2.75, 3.05) is 13.7 Å². The number of methoxy groups -OCH3 is 1. The summed E-state index contributed by atoms with van der Waals surface area (Å²) in [4.78, 5) is 14.4. The minimum absolute atomic E-state index is 0.172. The van der Waals surface area contributed by atoms with Crippen LogP contribution < -0.4 is 4.74 Å². The van der Waals surface area contributed by atoms with E-state index < -0.39 is 5.60 Å². The normalized spacial score (nSPS) is 24.6. The van der Waals surface area contributed by atoms with Gasteiger partial charge in [0.1, 0.15) is 11.4 Å². The molecule has 0 spiro atoms. The van der Waals surface area contributed by atoms with Gasteiger partial charge in [-0.2, -0.15) is 0 Å². The first-order valence-electron chi connectivity index (χ1n) is 8.90. The van der Waals surface area contributed by atoms with Gasteiger partial charge in [-0.25, -0.2) is 4.79 Å². The molecule has 1 aromatic rings. The SMILES string of the molecule is CC[C@H]1[C@@H](C)N(C(=O)OC(C)(C)C)CC[C@H]1c1ccc(OC)cc1. The Kier molecular flexibility index (Phi) is 5.79. The van der Waals surface area contributed by atoms with Crippen molar-refractivity contribution in [1.82, 2.24) is 4.90 Å². The fourth-order valence-electron chi connectivity index (χ4n) is 3.73. The van der Waals surface area contributed by atoms with Gasteiger partial charge in [-0.05, 0) is 63.6 Å². The van der Waals surface area contributed by atoms with Crippen LogP contribution in [0.1, 0.15) is 58.9 Å². The summed E-state index contributed by atoms with van der Waals surface area (Å²) in [7, 11) is 1.69. The van der Waals surface area contributed by atoms with E-state index in [2.05, 4.69) is 26.0 Å². The summed E-state index contributed by atoms with van der Waals surface area (Å²) in [5.41, 5.74) is 0.879. The number of nitrogens with zero attached hydrogens (tertiary/aromatic N) is 1. The number of carbonyl (C=O) groups excluding carboxylic acids is 1. The molecule has 1 aliphatic rings. The van der Waals surface area contributed by atoms with E-state index >= 15 is 0 Å². The van der Waals surface area contributed by atoms with Crippen LogP contribution in [0.4, 0.5) is 4.79 Å². The molecule has 1 aromatic carbocycles. The highest BCUT2D eigenvalue weighted by Gasteiger charge is 2.38. The Morgan fingerprint density at radius 2 is 1.88 bits per heavy atom. The average molecular weight is 333 g/mol. The molecule has 0 N–H and O–H groups in total. The fourth-order valence-corrected chi connectivity index (χ4v) is 3.73. The van der Waals surface area contributed by atoms with Crippen molar-refractivity contribution in [1.29, 1.82) is 0 Å². The van der Waals surface area contributed by atoms with Gasteiger partial charge in [-0.3, -0.25) is 0 Å². The molecule has 0 aliphatic carbocycles. The van der Waals surface area contributed by atoms with Gasteiger partial charge in [0.2, 0.25) is 0 Å². The predicted molar refractivity (Wildman–Crippen MR) is 96.5 cm³/mol. The topological polar surface area (TPSA) is 38.8 Å². The molecule has 2 rings (SSSR count). The first-order valence-corrected chi connectivity index (χ1v) is 8.90. The molecule has 4 nitrogen and oxygen atoms in total. The molecule has 1 amide bonds. The van der Waals surface area contributed by atoms with Crippen LogP contribution in [-0.4, -0.2) is 36.3 Å². The first-order chi connectivity index (χ1) is 11.3. The molecule has 1 saturated heterocycles. The molecule has 0 radical (unpaired) electrons. The summed E-state index contributed by atoms with van der Waals surface area (Å²) in [6.07, 6.45) is 1.81. The minimum Gasteiger partial charge on any atom is -0.497 e. The van der Waals surface area contributed by atoms with Gasteiger partial charge in [-0.1, -0.05) is 25.5 Å². The molecule has 24 heavy (non-hydrogen) atoms. The van der Waals surface area contributed by atoms with Gasteiger partial charge >= 0.3 is 6.09 Å². The molecule has 0 unspecified atom stereocenters. The van der Waals surface area contributed by atoms with Crippen LogP contribution in [0.25, 0.3) is 0 Å². The van der Waals surface area contributed by atoms with Crippen molar-refractivity contribution in [2.24, 2.45) is 5.92 Å². The fraction of sp³-hybridized carbons (Fsp3) is 0.650. The maximum Gasteiger partial charge on any atom is 0.410 e. The number of hydrogen-bond acceptors (Lipinski definition) is 3. The van der Waals surface area contributed by atoms with Crippen molar-refractivity contribution < 1.29 is 14.3 Å². The van der Waals surface area contributed by atoms with Gasteiger partial charge in [0.05, 0.1) is 7.11 Å². The molecular formula is C20H31NO3. The summed E-state index contributed by atoms with van der Waals surface area (Å²) >= 11 is 0. The highest BCUT2D eigenvalue weighted by Crippen LogP contribution is 2.39. The molecule has 3 atom stereocenters. The Morgan fingerprint density at radius 1 is 1.25 bits per heavy atom. The second-order valence-electron chi connectivity index (χ2n) is 7.65. The highest BCUT2D eigenvalue weighted by atomic mass is 16.6. The zero-order valence-electron chi connectivity index (χ0n) is 15.8. The molecule has 4 heteroatoms. The molecule has 1 fully saturated rings. The van der Waals surface area contributed by atoms with Gasteiger partial charge in [0.25, 0.3) is 0 Å². The van der Waals surface area contributed by atoms with Crippen LogP contribution >= 0.6 is 0 Å². The lowest BCUT2D eigenvalue weighted by Gasteiger charge is -2.44. The molecule has 0 aromatic heterocycles. The zero-order chi connectivity index (χ0) is 17.9. The van der Waals surface area contributed by atoms with Crippen molar-refractivity contribution >= 4 is 6.09 Å². The third kappa shape index (κ3) is 4.22. The average Bonchev–Trinajstić information content (AvgIpc) is 2.52. The zero-order valence-corrected chi connectivity index (χ0v) is 15.8. The molecule has 134 valence electrons. The summed E-state index contributed by atoms with van der Waals surface area (Å²) < 4.78 is 10.8. The lowest BCUT2D eigenvalue weighted by atomic mass is 9.75. The van der Waals surface area contributed by atoms with Crippen LogP contribution in [-0.2, 0) is 4.74 Å². The van der Waals surface area contributed by atoms with E-state index in [4.69, 9.17) is 9.47 Å². The number of amides is 1. The van der Waals surface area contributed by atoms with E-state index in [1.54, 1.807) is 7.11 Å².